The number of sulfone groups is 1. The van der Waals surface area contributed by atoms with Gasteiger partial charge in [-0.05, 0) is 46.5 Å². The molecule has 142 valence electrons. The number of hydrogen-bond donors (Lipinski definition) is 0. The van der Waals surface area contributed by atoms with Crippen molar-refractivity contribution in [2.75, 3.05) is 31.2 Å². The van der Waals surface area contributed by atoms with Crippen molar-refractivity contribution in [3.8, 4) is 0 Å². The number of carbonyl (C=O) groups is 1. The standard InChI is InChI=1S/C17H33NO5S/c1-6-12-24(20,21)13-11-22-17(7-2)9-8-10-18(14-17)15(19)23-16(3,4)5/h6-14H2,1-5H3. The number of hydrogen-bond acceptors (Lipinski definition) is 5. The summed E-state index contributed by atoms with van der Waals surface area (Å²) in [4.78, 5) is 14.0. The van der Waals surface area contributed by atoms with Gasteiger partial charge in [0.05, 0.1) is 24.5 Å². The van der Waals surface area contributed by atoms with Crippen LogP contribution < -0.4 is 0 Å². The summed E-state index contributed by atoms with van der Waals surface area (Å²) in [5.74, 6) is 0.231. The maximum absolute atomic E-state index is 12.3. The van der Waals surface area contributed by atoms with Crippen LogP contribution >= 0.6 is 0 Å². The Morgan fingerprint density at radius 3 is 2.42 bits per heavy atom. The lowest BCUT2D eigenvalue weighted by atomic mass is 9.90. The van der Waals surface area contributed by atoms with Crippen molar-refractivity contribution in [1.29, 1.82) is 0 Å². The largest absolute Gasteiger partial charge is 0.444 e. The van der Waals surface area contributed by atoms with E-state index in [1.165, 1.54) is 0 Å². The number of amides is 1. The quantitative estimate of drug-likeness (QED) is 0.695. The highest BCUT2D eigenvalue weighted by Crippen LogP contribution is 2.29. The molecule has 6 nitrogen and oxygen atoms in total. The van der Waals surface area contributed by atoms with Crippen LogP contribution in [0, 0.1) is 0 Å². The van der Waals surface area contributed by atoms with Gasteiger partial charge in [-0.2, -0.15) is 0 Å². The summed E-state index contributed by atoms with van der Waals surface area (Å²) in [6, 6.07) is 0. The molecule has 1 atom stereocenters. The lowest BCUT2D eigenvalue weighted by Gasteiger charge is -2.42. The molecule has 1 amide bonds. The maximum atomic E-state index is 12.3. The Hall–Kier alpha value is -0.820. The Labute approximate surface area is 146 Å². The van der Waals surface area contributed by atoms with E-state index in [0.717, 1.165) is 19.3 Å². The Bertz CT molecular complexity index is 512. The van der Waals surface area contributed by atoms with Crippen molar-refractivity contribution in [3.63, 3.8) is 0 Å². The van der Waals surface area contributed by atoms with E-state index in [2.05, 4.69) is 0 Å². The number of ether oxygens (including phenoxy) is 2. The van der Waals surface area contributed by atoms with Crippen LogP contribution in [-0.4, -0.2) is 61.8 Å². The van der Waals surface area contributed by atoms with Crippen LogP contribution in [0.25, 0.3) is 0 Å². The van der Waals surface area contributed by atoms with Crippen molar-refractivity contribution < 1.29 is 22.7 Å². The summed E-state index contributed by atoms with van der Waals surface area (Å²) < 4.78 is 35.1. The molecule has 1 fully saturated rings. The number of rotatable bonds is 7. The molecule has 24 heavy (non-hydrogen) atoms. The van der Waals surface area contributed by atoms with Crippen molar-refractivity contribution in [2.45, 2.75) is 71.5 Å². The van der Waals surface area contributed by atoms with Crippen LogP contribution in [0.4, 0.5) is 4.79 Å². The molecule has 1 rings (SSSR count). The molecule has 0 spiro atoms. The number of likely N-dealkylation sites (tertiary alicyclic amines) is 1. The molecular weight excluding hydrogens is 330 g/mol. The predicted octanol–water partition coefficient (Wildman–Crippen LogP) is 3.01. The van der Waals surface area contributed by atoms with E-state index < -0.39 is 21.0 Å². The molecule has 0 N–H and O–H groups in total. The third-order valence-electron chi connectivity index (χ3n) is 4.15. The van der Waals surface area contributed by atoms with Crippen LogP contribution in [-0.2, 0) is 19.3 Å². The van der Waals surface area contributed by atoms with E-state index in [1.54, 1.807) is 4.90 Å². The van der Waals surface area contributed by atoms with E-state index in [4.69, 9.17) is 9.47 Å². The Morgan fingerprint density at radius 1 is 1.21 bits per heavy atom. The zero-order valence-corrected chi connectivity index (χ0v) is 16.6. The first kappa shape index (κ1) is 21.2. The SMILES string of the molecule is CCCS(=O)(=O)CCOC1(CC)CCCN(C(=O)OC(C)(C)C)C1. The van der Waals surface area contributed by atoms with Crippen LogP contribution in [0.5, 0.6) is 0 Å². The summed E-state index contributed by atoms with van der Waals surface area (Å²) in [6.07, 6.45) is 2.68. The van der Waals surface area contributed by atoms with Crippen LogP contribution in [0.3, 0.4) is 0 Å². The lowest BCUT2D eigenvalue weighted by Crippen LogP contribution is -2.52. The zero-order valence-electron chi connectivity index (χ0n) is 15.8. The Morgan fingerprint density at radius 2 is 1.88 bits per heavy atom. The fourth-order valence-electron chi connectivity index (χ4n) is 2.89. The van der Waals surface area contributed by atoms with Gasteiger partial charge in [-0.1, -0.05) is 13.8 Å². The lowest BCUT2D eigenvalue weighted by molar-refractivity contribution is -0.0883. The van der Waals surface area contributed by atoms with Crippen LogP contribution in [0.2, 0.25) is 0 Å². The van der Waals surface area contributed by atoms with Gasteiger partial charge in [0.2, 0.25) is 0 Å². The number of nitrogens with zero attached hydrogens (tertiary/aromatic N) is 1. The van der Waals surface area contributed by atoms with Gasteiger partial charge < -0.3 is 14.4 Å². The number of piperidine rings is 1. The molecule has 0 bridgehead atoms. The Kier molecular flexibility index (Phi) is 7.53. The molecule has 1 aliphatic rings. The highest BCUT2D eigenvalue weighted by molar-refractivity contribution is 7.91. The molecule has 0 saturated carbocycles. The molecule has 7 heteroatoms. The first-order valence-corrected chi connectivity index (χ1v) is 10.7. The highest BCUT2D eigenvalue weighted by Gasteiger charge is 2.38. The fourth-order valence-corrected chi connectivity index (χ4v) is 4.05. The average Bonchev–Trinajstić information content (AvgIpc) is 2.45. The first-order valence-electron chi connectivity index (χ1n) is 8.85. The van der Waals surface area contributed by atoms with Crippen LogP contribution in [0.1, 0.15) is 60.3 Å². The molecule has 0 aromatic rings. The molecular formula is C17H33NO5S. The van der Waals surface area contributed by atoms with Crippen LogP contribution in [0.15, 0.2) is 0 Å². The summed E-state index contributed by atoms with van der Waals surface area (Å²) in [5.41, 5.74) is -1.00. The average molecular weight is 364 g/mol. The Balaban J connectivity index is 2.64. The smallest absolute Gasteiger partial charge is 0.410 e. The van der Waals surface area contributed by atoms with E-state index in [1.807, 2.05) is 34.6 Å². The minimum atomic E-state index is -3.05. The molecule has 1 saturated heterocycles. The van der Waals surface area contributed by atoms with E-state index in [0.29, 0.717) is 19.5 Å². The third-order valence-corrected chi connectivity index (χ3v) is 5.97. The van der Waals surface area contributed by atoms with Gasteiger partial charge in [-0.15, -0.1) is 0 Å². The van der Waals surface area contributed by atoms with Gasteiger partial charge in [0.25, 0.3) is 0 Å². The summed E-state index contributed by atoms with van der Waals surface area (Å²) in [6.45, 7) is 10.7. The van der Waals surface area contributed by atoms with Gasteiger partial charge in [0, 0.05) is 12.3 Å². The summed E-state index contributed by atoms with van der Waals surface area (Å²) >= 11 is 0. The highest BCUT2D eigenvalue weighted by atomic mass is 32.2. The molecule has 0 aromatic heterocycles. The van der Waals surface area contributed by atoms with Crippen molar-refractivity contribution in [3.05, 3.63) is 0 Å². The summed E-state index contributed by atoms with van der Waals surface area (Å²) in [5, 5.41) is 0. The molecule has 0 aliphatic carbocycles. The molecule has 0 aromatic carbocycles. The predicted molar refractivity (Wildman–Crippen MR) is 95.0 cm³/mol. The second-order valence-electron chi connectivity index (χ2n) is 7.54. The van der Waals surface area contributed by atoms with Crippen molar-refractivity contribution >= 4 is 15.9 Å². The molecule has 1 aliphatic heterocycles. The van der Waals surface area contributed by atoms with Gasteiger partial charge in [-0.3, -0.25) is 0 Å². The zero-order chi connectivity index (χ0) is 18.4. The third kappa shape index (κ3) is 6.97. The monoisotopic (exact) mass is 363 g/mol. The second-order valence-corrected chi connectivity index (χ2v) is 9.85. The maximum Gasteiger partial charge on any atom is 0.410 e. The van der Waals surface area contributed by atoms with E-state index in [-0.39, 0.29) is 24.2 Å². The second kappa shape index (κ2) is 8.52. The van der Waals surface area contributed by atoms with Gasteiger partial charge in [-0.25, -0.2) is 13.2 Å². The van der Waals surface area contributed by atoms with E-state index >= 15 is 0 Å². The van der Waals surface area contributed by atoms with Crippen molar-refractivity contribution in [2.24, 2.45) is 0 Å². The first-order chi connectivity index (χ1) is 11.0. The topological polar surface area (TPSA) is 72.9 Å². The normalized spacial score (nSPS) is 22.5. The van der Waals surface area contributed by atoms with E-state index in [9.17, 15) is 13.2 Å². The summed E-state index contributed by atoms with van der Waals surface area (Å²) in [7, 11) is -3.05. The van der Waals surface area contributed by atoms with Crippen molar-refractivity contribution in [1.82, 2.24) is 4.90 Å². The van der Waals surface area contributed by atoms with Gasteiger partial charge in [0.15, 0.2) is 9.84 Å². The number of carbonyl (C=O) groups excluding carboxylic acids is 1. The van der Waals surface area contributed by atoms with Gasteiger partial charge in [0.1, 0.15) is 5.60 Å². The van der Waals surface area contributed by atoms with Gasteiger partial charge >= 0.3 is 6.09 Å². The fraction of sp³-hybridized carbons (Fsp3) is 0.941. The molecule has 1 unspecified atom stereocenters. The minimum absolute atomic E-state index is 0.0367. The molecule has 1 heterocycles. The molecule has 0 radical (unpaired) electrons. The minimum Gasteiger partial charge on any atom is -0.444 e.